The zero-order valence-electron chi connectivity index (χ0n) is 12.3. The van der Waals surface area contributed by atoms with Crippen LogP contribution in [0, 0.1) is 0 Å². The topological polar surface area (TPSA) is 35.0 Å². The number of methoxy groups -OCH3 is 1. The molecular weight excluding hydrogens is 248 g/mol. The van der Waals surface area contributed by atoms with Crippen LogP contribution >= 0.6 is 0 Å². The summed E-state index contributed by atoms with van der Waals surface area (Å²) in [5.41, 5.74) is 4.77. The molecule has 3 aromatic rings. The van der Waals surface area contributed by atoms with E-state index in [9.17, 15) is 0 Å². The van der Waals surface area contributed by atoms with Gasteiger partial charge in [-0.1, -0.05) is 32.9 Å². The van der Waals surface area contributed by atoms with E-state index < -0.39 is 0 Å². The van der Waals surface area contributed by atoms with Gasteiger partial charge in [0.2, 0.25) is 0 Å². The lowest BCUT2D eigenvalue weighted by molar-refractivity contribution is 0.398. The average molecular weight is 266 g/mol. The minimum absolute atomic E-state index is 0.00680. The van der Waals surface area contributed by atoms with Crippen LogP contribution in [0.4, 0.5) is 0 Å². The number of para-hydroxylation sites is 2. The summed E-state index contributed by atoms with van der Waals surface area (Å²) >= 11 is 0. The third-order valence-corrected chi connectivity index (χ3v) is 3.47. The van der Waals surface area contributed by atoms with Crippen LogP contribution in [0.3, 0.4) is 0 Å². The predicted molar refractivity (Wildman–Crippen MR) is 82.3 cm³/mol. The molecule has 2 aromatic carbocycles. The summed E-state index contributed by atoms with van der Waals surface area (Å²) in [6, 6.07) is 12.0. The second kappa shape index (κ2) is 4.44. The summed E-state index contributed by atoms with van der Waals surface area (Å²) in [5, 5.41) is 0. The normalized spacial score (nSPS) is 12.0. The second-order valence-corrected chi connectivity index (χ2v) is 6.00. The molecule has 0 amide bonds. The Kier molecular flexibility index (Phi) is 2.85. The van der Waals surface area contributed by atoms with Crippen molar-refractivity contribution in [3.05, 3.63) is 42.0 Å². The van der Waals surface area contributed by atoms with Crippen LogP contribution in [0.5, 0.6) is 5.75 Å². The molecule has 0 bridgehead atoms. The Labute approximate surface area is 118 Å². The first-order valence-corrected chi connectivity index (χ1v) is 6.74. The Morgan fingerprint density at radius 2 is 1.40 bits per heavy atom. The quantitative estimate of drug-likeness (QED) is 0.622. The second-order valence-electron chi connectivity index (χ2n) is 6.00. The number of hydrogen-bond donors (Lipinski definition) is 0. The fourth-order valence-electron chi connectivity index (χ4n) is 2.40. The Bertz CT molecular complexity index is 788. The third-order valence-electron chi connectivity index (χ3n) is 3.47. The van der Waals surface area contributed by atoms with Crippen molar-refractivity contribution in [2.24, 2.45) is 0 Å². The Hall–Kier alpha value is -2.16. The molecule has 0 radical (unpaired) electrons. The van der Waals surface area contributed by atoms with Crippen LogP contribution in [0.15, 0.2) is 36.4 Å². The van der Waals surface area contributed by atoms with Gasteiger partial charge in [-0.05, 0) is 23.6 Å². The lowest BCUT2D eigenvalue weighted by atomic mass is 9.86. The Balaban J connectivity index is 2.36. The molecule has 0 fully saturated rings. The van der Waals surface area contributed by atoms with E-state index in [4.69, 9.17) is 9.72 Å². The van der Waals surface area contributed by atoms with Crippen LogP contribution in [-0.4, -0.2) is 17.1 Å². The molecule has 3 heteroatoms. The molecule has 1 aromatic heterocycles. The number of aromatic nitrogens is 2. The fourth-order valence-corrected chi connectivity index (χ4v) is 2.40. The molecule has 0 saturated heterocycles. The van der Waals surface area contributed by atoms with Crippen molar-refractivity contribution in [2.45, 2.75) is 26.2 Å². The molecule has 0 N–H and O–H groups in total. The van der Waals surface area contributed by atoms with Crippen LogP contribution in [-0.2, 0) is 5.41 Å². The van der Waals surface area contributed by atoms with Gasteiger partial charge in [0.1, 0.15) is 5.75 Å². The molecule has 3 rings (SSSR count). The summed E-state index contributed by atoms with van der Waals surface area (Å²) in [6.07, 6.45) is 0. The number of fused-ring (bicyclic) bond motifs is 2. The smallest absolute Gasteiger partial charge is 0.124 e. The predicted octanol–water partition coefficient (Wildman–Crippen LogP) is 4.09. The molecule has 3 nitrogen and oxygen atoms in total. The van der Waals surface area contributed by atoms with Crippen LogP contribution in [0.25, 0.3) is 22.1 Å². The van der Waals surface area contributed by atoms with E-state index >= 15 is 0 Å². The van der Waals surface area contributed by atoms with Crippen LogP contribution in [0.2, 0.25) is 0 Å². The highest BCUT2D eigenvalue weighted by Crippen LogP contribution is 2.34. The van der Waals surface area contributed by atoms with Gasteiger partial charge < -0.3 is 4.74 Å². The first kappa shape index (κ1) is 12.9. The maximum atomic E-state index is 5.52. The van der Waals surface area contributed by atoms with E-state index in [2.05, 4.69) is 31.8 Å². The first-order valence-electron chi connectivity index (χ1n) is 6.74. The number of rotatable bonds is 1. The molecule has 0 aliphatic rings. The fraction of sp³-hybridized carbons (Fsp3) is 0.294. The molecule has 1 heterocycles. The summed E-state index contributed by atoms with van der Waals surface area (Å²) in [5.74, 6) is 0.870. The van der Waals surface area contributed by atoms with Gasteiger partial charge in [-0.25, -0.2) is 9.97 Å². The van der Waals surface area contributed by atoms with Gasteiger partial charge in [0.25, 0.3) is 0 Å². The van der Waals surface area contributed by atoms with Crippen molar-refractivity contribution in [3.63, 3.8) is 0 Å². The molecule has 20 heavy (non-hydrogen) atoms. The molecule has 0 atom stereocenters. The van der Waals surface area contributed by atoms with Gasteiger partial charge in [0, 0.05) is 11.6 Å². The van der Waals surface area contributed by atoms with E-state index in [0.29, 0.717) is 0 Å². The standard InChI is InChI=1S/C17H18N2O/c1-17(2,3)11-9-14-15(10-16(11)20-4)19-13-8-6-5-7-12(13)18-14/h5-10H,1-4H3. The van der Waals surface area contributed by atoms with E-state index in [0.717, 1.165) is 33.4 Å². The van der Waals surface area contributed by atoms with E-state index in [1.165, 1.54) is 0 Å². The van der Waals surface area contributed by atoms with Crippen molar-refractivity contribution in [1.82, 2.24) is 9.97 Å². The summed E-state index contributed by atoms with van der Waals surface area (Å²) in [7, 11) is 1.70. The lowest BCUT2D eigenvalue weighted by Crippen LogP contribution is -2.13. The highest BCUT2D eigenvalue weighted by atomic mass is 16.5. The Morgan fingerprint density at radius 3 is 1.90 bits per heavy atom. The highest BCUT2D eigenvalue weighted by Gasteiger charge is 2.20. The lowest BCUT2D eigenvalue weighted by Gasteiger charge is -2.22. The largest absolute Gasteiger partial charge is 0.496 e. The summed E-state index contributed by atoms with van der Waals surface area (Å²) in [6.45, 7) is 6.52. The van der Waals surface area contributed by atoms with E-state index in [1.54, 1.807) is 7.11 Å². The minimum atomic E-state index is 0.00680. The van der Waals surface area contributed by atoms with Gasteiger partial charge in [-0.2, -0.15) is 0 Å². The van der Waals surface area contributed by atoms with Gasteiger partial charge in [-0.15, -0.1) is 0 Å². The summed E-state index contributed by atoms with van der Waals surface area (Å²) in [4.78, 5) is 9.38. The third kappa shape index (κ3) is 2.09. The van der Waals surface area contributed by atoms with Crippen molar-refractivity contribution in [1.29, 1.82) is 0 Å². The molecule has 0 saturated carbocycles. The molecular formula is C17H18N2O. The van der Waals surface area contributed by atoms with Gasteiger partial charge in [0.05, 0.1) is 29.2 Å². The number of ether oxygens (including phenoxy) is 1. The molecule has 0 spiro atoms. The van der Waals surface area contributed by atoms with E-state index in [-0.39, 0.29) is 5.41 Å². The van der Waals surface area contributed by atoms with Crippen molar-refractivity contribution in [3.8, 4) is 5.75 Å². The van der Waals surface area contributed by atoms with E-state index in [1.807, 2.05) is 30.3 Å². The molecule has 0 aliphatic carbocycles. The summed E-state index contributed by atoms with van der Waals surface area (Å²) < 4.78 is 5.52. The minimum Gasteiger partial charge on any atom is -0.496 e. The van der Waals surface area contributed by atoms with Crippen molar-refractivity contribution >= 4 is 22.1 Å². The van der Waals surface area contributed by atoms with Crippen LogP contribution < -0.4 is 4.74 Å². The van der Waals surface area contributed by atoms with Gasteiger partial charge in [-0.3, -0.25) is 0 Å². The Morgan fingerprint density at radius 1 is 0.850 bits per heavy atom. The zero-order valence-corrected chi connectivity index (χ0v) is 12.3. The number of nitrogens with zero attached hydrogens (tertiary/aromatic N) is 2. The number of benzene rings is 2. The highest BCUT2D eigenvalue weighted by molar-refractivity contribution is 5.87. The zero-order chi connectivity index (χ0) is 14.3. The van der Waals surface area contributed by atoms with Crippen molar-refractivity contribution < 1.29 is 4.74 Å². The average Bonchev–Trinajstić information content (AvgIpc) is 2.42. The maximum absolute atomic E-state index is 5.52. The molecule has 0 unspecified atom stereocenters. The maximum Gasteiger partial charge on any atom is 0.124 e. The van der Waals surface area contributed by atoms with Crippen LogP contribution in [0.1, 0.15) is 26.3 Å². The monoisotopic (exact) mass is 266 g/mol. The molecule has 0 aliphatic heterocycles. The van der Waals surface area contributed by atoms with Gasteiger partial charge in [0.15, 0.2) is 0 Å². The van der Waals surface area contributed by atoms with Crippen molar-refractivity contribution in [2.75, 3.05) is 7.11 Å². The first-order chi connectivity index (χ1) is 9.49. The van der Waals surface area contributed by atoms with Gasteiger partial charge >= 0.3 is 0 Å². The SMILES string of the molecule is COc1cc2nc3ccccc3nc2cc1C(C)(C)C. The molecule has 102 valence electrons. The number of hydrogen-bond acceptors (Lipinski definition) is 3.